The van der Waals surface area contributed by atoms with Crippen LogP contribution >= 0.6 is 11.6 Å². The van der Waals surface area contributed by atoms with Gasteiger partial charge in [-0.2, -0.15) is 0 Å². The van der Waals surface area contributed by atoms with Crippen LogP contribution in [0.4, 0.5) is 15.8 Å². The molecule has 0 radical (unpaired) electrons. The van der Waals surface area contributed by atoms with Gasteiger partial charge in [0, 0.05) is 6.07 Å². The number of sulfonamides is 1. The first-order chi connectivity index (χ1) is 9.85. The number of para-hydroxylation sites is 1. The molecule has 0 saturated heterocycles. The van der Waals surface area contributed by atoms with Gasteiger partial charge >= 0.3 is 0 Å². The van der Waals surface area contributed by atoms with Crippen molar-refractivity contribution < 1.29 is 17.5 Å². The van der Waals surface area contributed by atoms with Gasteiger partial charge in [-0.1, -0.05) is 17.7 Å². The molecule has 0 amide bonds. The Morgan fingerprint density at radius 3 is 2.57 bits per heavy atom. The van der Waals surface area contributed by atoms with Crippen LogP contribution in [0, 0.1) is 5.82 Å². The van der Waals surface area contributed by atoms with Gasteiger partial charge in [-0.05, 0) is 24.3 Å². The molecule has 2 aromatic carbocycles. The van der Waals surface area contributed by atoms with Crippen LogP contribution in [-0.4, -0.2) is 15.5 Å². The topological polar surface area (TPSA) is 81.4 Å². The summed E-state index contributed by atoms with van der Waals surface area (Å²) >= 11 is 5.79. The van der Waals surface area contributed by atoms with Gasteiger partial charge in [0.15, 0.2) is 0 Å². The van der Waals surface area contributed by atoms with E-state index >= 15 is 0 Å². The molecule has 5 nitrogen and oxygen atoms in total. The smallest absolute Gasteiger partial charge is 0.264 e. The van der Waals surface area contributed by atoms with Gasteiger partial charge in [0.05, 0.1) is 17.8 Å². The van der Waals surface area contributed by atoms with Crippen molar-refractivity contribution >= 4 is 33.0 Å². The first-order valence-corrected chi connectivity index (χ1v) is 7.61. The highest BCUT2D eigenvalue weighted by molar-refractivity contribution is 7.92. The maximum atomic E-state index is 13.7. The van der Waals surface area contributed by atoms with Crippen molar-refractivity contribution in [1.82, 2.24) is 0 Å². The molecule has 0 saturated carbocycles. The summed E-state index contributed by atoms with van der Waals surface area (Å²) in [5.41, 5.74) is 5.34. The highest BCUT2D eigenvalue weighted by atomic mass is 35.5. The lowest BCUT2D eigenvalue weighted by Gasteiger charge is -2.12. The third-order valence-electron chi connectivity index (χ3n) is 2.71. The summed E-state index contributed by atoms with van der Waals surface area (Å²) < 4.78 is 45.2. The SMILES string of the molecule is COc1ccc(S(=O)(=O)Nc2c(F)cccc2Cl)c(N)c1. The molecule has 21 heavy (non-hydrogen) atoms. The monoisotopic (exact) mass is 330 g/mol. The van der Waals surface area contributed by atoms with Gasteiger partial charge in [0.1, 0.15) is 22.1 Å². The first-order valence-electron chi connectivity index (χ1n) is 5.75. The van der Waals surface area contributed by atoms with Crippen molar-refractivity contribution in [2.75, 3.05) is 17.6 Å². The number of nitrogen functional groups attached to an aromatic ring is 1. The normalized spacial score (nSPS) is 11.2. The molecule has 0 unspecified atom stereocenters. The molecule has 0 atom stereocenters. The van der Waals surface area contributed by atoms with Crippen LogP contribution in [0.1, 0.15) is 0 Å². The van der Waals surface area contributed by atoms with E-state index in [1.807, 2.05) is 0 Å². The minimum absolute atomic E-state index is 0.0192. The minimum atomic E-state index is -4.07. The van der Waals surface area contributed by atoms with Gasteiger partial charge in [-0.25, -0.2) is 12.8 Å². The fourth-order valence-corrected chi connectivity index (χ4v) is 3.15. The van der Waals surface area contributed by atoms with Gasteiger partial charge in [-0.15, -0.1) is 0 Å². The van der Waals surface area contributed by atoms with E-state index in [1.165, 1.54) is 37.4 Å². The fourth-order valence-electron chi connectivity index (χ4n) is 1.68. The second-order valence-corrected chi connectivity index (χ2v) is 6.16. The molecule has 0 aliphatic carbocycles. The quantitative estimate of drug-likeness (QED) is 0.845. The van der Waals surface area contributed by atoms with E-state index in [1.54, 1.807) is 0 Å². The summed E-state index contributed by atoms with van der Waals surface area (Å²) in [7, 11) is -2.64. The molecule has 3 N–H and O–H groups in total. The number of benzene rings is 2. The maximum absolute atomic E-state index is 13.7. The predicted molar refractivity (Wildman–Crippen MR) is 79.6 cm³/mol. The largest absolute Gasteiger partial charge is 0.497 e. The van der Waals surface area contributed by atoms with Crippen LogP contribution < -0.4 is 15.2 Å². The summed E-state index contributed by atoms with van der Waals surface area (Å²) in [6, 6.07) is 7.91. The van der Waals surface area contributed by atoms with Crippen molar-refractivity contribution in [3.05, 3.63) is 47.2 Å². The molecule has 8 heteroatoms. The lowest BCUT2D eigenvalue weighted by molar-refractivity contribution is 0.414. The Morgan fingerprint density at radius 1 is 1.29 bits per heavy atom. The minimum Gasteiger partial charge on any atom is -0.497 e. The van der Waals surface area contributed by atoms with Crippen molar-refractivity contribution in [3.63, 3.8) is 0 Å². The molecule has 0 aliphatic heterocycles. The first kappa shape index (κ1) is 15.4. The van der Waals surface area contributed by atoms with E-state index in [0.29, 0.717) is 5.75 Å². The number of nitrogens with two attached hydrogens (primary N) is 1. The Balaban J connectivity index is 2.44. The third kappa shape index (κ3) is 3.20. The lowest BCUT2D eigenvalue weighted by Crippen LogP contribution is -2.16. The van der Waals surface area contributed by atoms with Crippen LogP contribution in [0.2, 0.25) is 5.02 Å². The van der Waals surface area contributed by atoms with Gasteiger partial charge in [-0.3, -0.25) is 4.72 Å². The summed E-state index contributed by atoms with van der Waals surface area (Å²) in [5.74, 6) is -0.367. The van der Waals surface area contributed by atoms with E-state index in [-0.39, 0.29) is 21.3 Å². The average molecular weight is 331 g/mol. The van der Waals surface area contributed by atoms with E-state index in [0.717, 1.165) is 6.07 Å². The number of hydrogen-bond donors (Lipinski definition) is 2. The van der Waals surface area contributed by atoms with Crippen molar-refractivity contribution in [3.8, 4) is 5.75 Å². The molecule has 0 heterocycles. The Bertz CT molecular complexity index is 761. The summed E-state index contributed by atoms with van der Waals surface area (Å²) in [4.78, 5) is -0.192. The Labute approximate surface area is 126 Å². The number of rotatable bonds is 4. The molecule has 0 aliphatic rings. The van der Waals surface area contributed by atoms with Crippen LogP contribution in [-0.2, 0) is 10.0 Å². The molecule has 0 bridgehead atoms. The summed E-state index contributed by atoms with van der Waals surface area (Å²) in [5, 5.41) is -0.0503. The zero-order valence-electron chi connectivity index (χ0n) is 10.9. The number of ether oxygens (including phenoxy) is 1. The molecule has 0 fully saturated rings. The van der Waals surface area contributed by atoms with E-state index in [2.05, 4.69) is 4.72 Å². The highest BCUT2D eigenvalue weighted by Gasteiger charge is 2.21. The zero-order valence-corrected chi connectivity index (χ0v) is 12.5. The second-order valence-electron chi connectivity index (χ2n) is 4.11. The molecule has 112 valence electrons. The van der Waals surface area contributed by atoms with E-state index < -0.39 is 15.8 Å². The molecule has 0 aromatic heterocycles. The van der Waals surface area contributed by atoms with Gasteiger partial charge in [0.25, 0.3) is 10.0 Å². The maximum Gasteiger partial charge on any atom is 0.264 e. The molecule has 2 rings (SSSR count). The summed E-state index contributed by atoms with van der Waals surface area (Å²) in [6.45, 7) is 0. The van der Waals surface area contributed by atoms with E-state index in [4.69, 9.17) is 22.1 Å². The Hall–Kier alpha value is -1.99. The predicted octanol–water partition coefficient (Wildman–Crippen LogP) is 2.87. The zero-order chi connectivity index (χ0) is 15.6. The second kappa shape index (κ2) is 5.79. The average Bonchev–Trinajstić information content (AvgIpc) is 2.42. The molecular formula is C13H12ClFN2O3S. The molecular weight excluding hydrogens is 319 g/mol. The number of anilines is 2. The van der Waals surface area contributed by atoms with Crippen molar-refractivity contribution in [1.29, 1.82) is 0 Å². The number of halogens is 2. The highest BCUT2D eigenvalue weighted by Crippen LogP contribution is 2.30. The third-order valence-corrected chi connectivity index (χ3v) is 4.44. The fraction of sp³-hybridized carbons (Fsp3) is 0.0769. The van der Waals surface area contributed by atoms with Crippen molar-refractivity contribution in [2.45, 2.75) is 4.90 Å². The lowest BCUT2D eigenvalue weighted by atomic mass is 10.3. The Morgan fingerprint density at radius 2 is 2.00 bits per heavy atom. The van der Waals surface area contributed by atoms with Crippen LogP contribution in [0.25, 0.3) is 0 Å². The van der Waals surface area contributed by atoms with E-state index in [9.17, 15) is 12.8 Å². The van der Waals surface area contributed by atoms with Crippen LogP contribution in [0.5, 0.6) is 5.75 Å². The molecule has 0 spiro atoms. The standard InChI is InChI=1S/C13H12ClFN2O3S/c1-20-8-5-6-12(11(16)7-8)21(18,19)17-13-9(14)3-2-4-10(13)15/h2-7,17H,16H2,1H3. The number of nitrogens with one attached hydrogen (secondary N) is 1. The number of methoxy groups -OCH3 is 1. The van der Waals surface area contributed by atoms with Gasteiger partial charge < -0.3 is 10.5 Å². The van der Waals surface area contributed by atoms with Crippen LogP contribution in [0.3, 0.4) is 0 Å². The van der Waals surface area contributed by atoms with Gasteiger partial charge in [0.2, 0.25) is 0 Å². The van der Waals surface area contributed by atoms with Crippen LogP contribution in [0.15, 0.2) is 41.3 Å². The Kier molecular flexibility index (Phi) is 4.24. The summed E-state index contributed by atoms with van der Waals surface area (Å²) in [6.07, 6.45) is 0. The number of hydrogen-bond acceptors (Lipinski definition) is 4. The molecule has 2 aromatic rings. The van der Waals surface area contributed by atoms with Crippen molar-refractivity contribution in [2.24, 2.45) is 0 Å².